The molecule has 2 aromatic rings. The van der Waals surface area contributed by atoms with Gasteiger partial charge in [0.05, 0.1) is 14.2 Å². The number of carbonyl (C=O) groups excluding carboxylic acids is 2. The Kier molecular flexibility index (Phi) is 12.0. The van der Waals surface area contributed by atoms with Crippen LogP contribution in [0.25, 0.3) is 0 Å². The number of nitrogens with zero attached hydrogens (tertiary/aromatic N) is 1. The summed E-state index contributed by atoms with van der Waals surface area (Å²) >= 11 is 0. The fourth-order valence-electron chi connectivity index (χ4n) is 6.75. The molecule has 1 heterocycles. The number of hydrogen-bond acceptors (Lipinski definition) is 5. The summed E-state index contributed by atoms with van der Waals surface area (Å²) in [6.07, 6.45) is 0.540. The van der Waals surface area contributed by atoms with Crippen LogP contribution in [0.4, 0.5) is 10.1 Å². The van der Waals surface area contributed by atoms with E-state index in [1.165, 1.54) is 4.90 Å². The number of hydrogen-bond donors (Lipinski definition) is 1. The third-order valence-corrected chi connectivity index (χ3v) is 15.6. The van der Waals surface area contributed by atoms with Gasteiger partial charge in [-0.3, -0.25) is 14.5 Å². The lowest BCUT2D eigenvalue weighted by molar-refractivity contribution is -0.133. The molecule has 2 aromatic carbocycles. The number of alkyl halides is 1. The summed E-state index contributed by atoms with van der Waals surface area (Å²) in [4.78, 5) is 30.3. The zero-order chi connectivity index (χ0) is 32.7. The van der Waals surface area contributed by atoms with E-state index in [9.17, 15) is 14.0 Å². The van der Waals surface area contributed by atoms with Gasteiger partial charge in [0, 0.05) is 49.9 Å². The quantitative estimate of drug-likeness (QED) is 0.217. The van der Waals surface area contributed by atoms with Crippen LogP contribution in [0, 0.1) is 18.4 Å². The zero-order valence-corrected chi connectivity index (χ0v) is 28.8. The molecule has 7 nitrogen and oxygen atoms in total. The van der Waals surface area contributed by atoms with Gasteiger partial charge < -0.3 is 19.5 Å². The number of aryl methyl sites for hydroxylation is 1. The van der Waals surface area contributed by atoms with Gasteiger partial charge >= 0.3 is 5.91 Å². The molecule has 0 spiro atoms. The molecule has 1 N–H and O–H groups in total. The van der Waals surface area contributed by atoms with Crippen LogP contribution in [-0.4, -0.2) is 52.9 Å². The molecule has 1 aliphatic rings. The Morgan fingerprint density at radius 1 is 0.977 bits per heavy atom. The predicted molar refractivity (Wildman–Crippen MR) is 176 cm³/mol. The van der Waals surface area contributed by atoms with Crippen LogP contribution in [0.1, 0.15) is 71.1 Å². The van der Waals surface area contributed by atoms with Gasteiger partial charge in [-0.25, -0.2) is 4.39 Å². The summed E-state index contributed by atoms with van der Waals surface area (Å²) in [6, 6.07) is 10.6. The Labute approximate surface area is 263 Å². The van der Waals surface area contributed by atoms with E-state index in [1.54, 1.807) is 44.6 Å². The number of halogens is 1. The molecule has 0 bridgehead atoms. The fraction of sp³-hybridized carbons (Fsp3) is 0.543. The van der Waals surface area contributed by atoms with Gasteiger partial charge in [-0.1, -0.05) is 47.6 Å². The minimum absolute atomic E-state index is 0.177. The van der Waals surface area contributed by atoms with E-state index < -0.39 is 26.2 Å². The van der Waals surface area contributed by atoms with Crippen molar-refractivity contribution in [3.63, 3.8) is 0 Å². The predicted octanol–water partition coefficient (Wildman–Crippen LogP) is 6.90. The van der Waals surface area contributed by atoms with Gasteiger partial charge in [0.25, 0.3) is 0 Å². The third-order valence-electron chi connectivity index (χ3n) is 9.29. The second-order valence-corrected chi connectivity index (χ2v) is 18.1. The summed E-state index contributed by atoms with van der Waals surface area (Å²) in [5.41, 5.74) is 5.68. The van der Waals surface area contributed by atoms with Crippen molar-refractivity contribution >= 4 is 25.6 Å². The van der Waals surface area contributed by atoms with E-state index in [1.807, 2.05) is 13.0 Å². The maximum absolute atomic E-state index is 14.4. The van der Waals surface area contributed by atoms with E-state index in [0.717, 1.165) is 11.1 Å². The van der Waals surface area contributed by atoms with Gasteiger partial charge in [-0.15, -0.1) is 5.54 Å². The number of amides is 2. The van der Waals surface area contributed by atoms with Crippen molar-refractivity contribution in [2.45, 2.75) is 96.7 Å². The molecule has 1 fully saturated rings. The molecule has 0 atom stereocenters. The minimum atomic E-state index is -2.26. The Bertz CT molecular complexity index is 1350. The molecule has 0 aromatic heterocycles. The molecule has 0 saturated carbocycles. The number of carbonyl (C=O) groups is 2. The van der Waals surface area contributed by atoms with Crippen LogP contribution in [0.15, 0.2) is 36.4 Å². The summed E-state index contributed by atoms with van der Waals surface area (Å²) in [5, 5.41) is 3.07. The van der Waals surface area contributed by atoms with Crippen molar-refractivity contribution in [2.75, 3.05) is 32.3 Å². The molecular weight excluding hydrogens is 575 g/mol. The van der Waals surface area contributed by atoms with Crippen LogP contribution in [0.2, 0.25) is 16.6 Å². The Balaban J connectivity index is 2.15. The Hall–Kier alpha value is -3.35. The highest BCUT2D eigenvalue weighted by Crippen LogP contribution is 2.41. The standard InChI is InChI=1S/C35H49FN2O5Si/c1-24(2)44(25(3)4,26(5)6)19-14-33(39)38(30-12-10-27(7)29(20-30)22-36)35(15-17-43-18-16-35)34(40)37-23-28-11-13-31(41-8)21-32(28)42-9/h10-13,20-21,24-26H,15-18,22-23H2,1-9H3,(H,37,40). The smallest absolute Gasteiger partial charge is 0.303 e. The van der Waals surface area contributed by atoms with Crippen LogP contribution in [-0.2, 0) is 27.5 Å². The average Bonchev–Trinajstić information content (AvgIpc) is 3.00. The Morgan fingerprint density at radius 2 is 1.61 bits per heavy atom. The van der Waals surface area contributed by atoms with E-state index in [-0.39, 0.29) is 25.3 Å². The van der Waals surface area contributed by atoms with Crippen molar-refractivity contribution in [2.24, 2.45) is 0 Å². The third kappa shape index (κ3) is 7.13. The SMILES string of the molecule is COc1ccc(CNC(=O)C2(N(C(=O)C#C[Si](C(C)C)(C(C)C)C(C)C)c3ccc(C)c(CF)c3)CCOCC2)c(OC)c1. The van der Waals surface area contributed by atoms with Crippen LogP contribution >= 0.6 is 0 Å². The molecule has 1 aliphatic heterocycles. The highest BCUT2D eigenvalue weighted by molar-refractivity contribution is 6.90. The largest absolute Gasteiger partial charge is 0.497 e. The zero-order valence-electron chi connectivity index (χ0n) is 27.8. The van der Waals surface area contributed by atoms with Gasteiger partial charge in [0.1, 0.15) is 31.8 Å². The first-order chi connectivity index (χ1) is 20.9. The molecular formula is C35H49FN2O5Si. The number of nitrogens with one attached hydrogen (secondary N) is 1. The normalized spacial score (nSPS) is 14.7. The topological polar surface area (TPSA) is 77.1 Å². The van der Waals surface area contributed by atoms with E-state index in [2.05, 4.69) is 58.3 Å². The first kappa shape index (κ1) is 35.1. The molecule has 0 unspecified atom stereocenters. The second kappa shape index (κ2) is 15.1. The molecule has 1 saturated heterocycles. The molecule has 0 radical (unpaired) electrons. The van der Waals surface area contributed by atoms with Crippen molar-refractivity contribution in [3.05, 3.63) is 53.1 Å². The molecule has 9 heteroatoms. The van der Waals surface area contributed by atoms with Crippen molar-refractivity contribution in [3.8, 4) is 23.0 Å². The molecule has 240 valence electrons. The minimum Gasteiger partial charge on any atom is -0.497 e. The average molecular weight is 625 g/mol. The van der Waals surface area contributed by atoms with Gasteiger partial charge in [0.15, 0.2) is 0 Å². The lowest BCUT2D eigenvalue weighted by Crippen LogP contribution is -2.63. The van der Waals surface area contributed by atoms with Crippen molar-refractivity contribution in [1.82, 2.24) is 5.32 Å². The summed E-state index contributed by atoms with van der Waals surface area (Å²) in [6.45, 7) is 15.1. The first-order valence-corrected chi connectivity index (χ1v) is 17.7. The van der Waals surface area contributed by atoms with Crippen LogP contribution < -0.4 is 19.7 Å². The fourth-order valence-corrected chi connectivity index (χ4v) is 11.9. The highest BCUT2D eigenvalue weighted by atomic mass is 28.3. The molecule has 3 rings (SSSR count). The summed E-state index contributed by atoms with van der Waals surface area (Å²) < 4.78 is 30.6. The van der Waals surface area contributed by atoms with Gasteiger partial charge in [-0.2, -0.15) is 0 Å². The van der Waals surface area contributed by atoms with E-state index >= 15 is 0 Å². The lowest BCUT2D eigenvalue weighted by atomic mass is 9.85. The van der Waals surface area contributed by atoms with Crippen LogP contribution in [0.3, 0.4) is 0 Å². The molecule has 44 heavy (non-hydrogen) atoms. The number of anilines is 1. The van der Waals surface area contributed by atoms with Gasteiger partial charge in [0.2, 0.25) is 5.91 Å². The number of ether oxygens (including phenoxy) is 3. The van der Waals surface area contributed by atoms with Crippen molar-refractivity contribution in [1.29, 1.82) is 0 Å². The number of rotatable bonds is 11. The first-order valence-electron chi connectivity index (χ1n) is 15.5. The van der Waals surface area contributed by atoms with E-state index in [0.29, 0.717) is 52.6 Å². The monoisotopic (exact) mass is 624 g/mol. The highest BCUT2D eigenvalue weighted by Gasteiger charge is 2.49. The molecule has 2 amide bonds. The maximum Gasteiger partial charge on any atom is 0.303 e. The maximum atomic E-state index is 14.4. The second-order valence-electron chi connectivity index (χ2n) is 12.5. The van der Waals surface area contributed by atoms with E-state index in [4.69, 9.17) is 14.2 Å². The lowest BCUT2D eigenvalue weighted by Gasteiger charge is -2.44. The van der Waals surface area contributed by atoms with Gasteiger partial charge in [-0.05, 0) is 64.9 Å². The number of benzene rings is 2. The van der Waals surface area contributed by atoms with Crippen molar-refractivity contribution < 1.29 is 28.2 Å². The number of methoxy groups -OCH3 is 2. The summed E-state index contributed by atoms with van der Waals surface area (Å²) in [7, 11) is 0.881. The summed E-state index contributed by atoms with van der Waals surface area (Å²) in [5.74, 6) is 3.48. The van der Waals surface area contributed by atoms with Crippen LogP contribution in [0.5, 0.6) is 11.5 Å². The molecule has 0 aliphatic carbocycles. The Morgan fingerprint density at radius 3 is 2.16 bits per heavy atom.